The van der Waals surface area contributed by atoms with Crippen molar-refractivity contribution in [3.8, 4) is 34.0 Å². The summed E-state index contributed by atoms with van der Waals surface area (Å²) in [6.45, 7) is 1.29. The molecule has 0 saturated heterocycles. The van der Waals surface area contributed by atoms with Crippen molar-refractivity contribution in [3.63, 3.8) is 0 Å². The number of rotatable bonds is 8. The second kappa shape index (κ2) is 9.58. The van der Waals surface area contributed by atoms with Crippen LogP contribution in [0.1, 0.15) is 11.1 Å². The summed E-state index contributed by atoms with van der Waals surface area (Å²) in [5, 5.41) is 17.1. The molecule has 0 N–H and O–H groups in total. The third-order valence-electron chi connectivity index (χ3n) is 5.56. The van der Waals surface area contributed by atoms with E-state index in [0.717, 1.165) is 45.1 Å². The van der Waals surface area contributed by atoms with Crippen molar-refractivity contribution in [2.45, 2.75) is 13.1 Å². The van der Waals surface area contributed by atoms with Crippen molar-refractivity contribution in [2.75, 3.05) is 14.2 Å². The molecule has 0 radical (unpaired) electrons. The highest BCUT2D eigenvalue weighted by Crippen LogP contribution is 2.21. The van der Waals surface area contributed by atoms with E-state index in [1.54, 1.807) is 14.2 Å². The first-order chi connectivity index (χ1) is 16.7. The molecule has 0 unspecified atom stereocenters. The third kappa shape index (κ3) is 4.80. The van der Waals surface area contributed by atoms with Crippen LogP contribution in [0, 0.1) is 0 Å². The minimum absolute atomic E-state index is 0.647. The van der Waals surface area contributed by atoms with Gasteiger partial charge in [0, 0.05) is 11.1 Å². The van der Waals surface area contributed by atoms with Crippen molar-refractivity contribution in [1.82, 2.24) is 30.0 Å². The van der Waals surface area contributed by atoms with Crippen LogP contribution in [0.4, 0.5) is 0 Å². The minimum atomic E-state index is 0.647. The van der Waals surface area contributed by atoms with E-state index < -0.39 is 0 Å². The maximum absolute atomic E-state index is 5.21. The number of methoxy groups -OCH3 is 2. The van der Waals surface area contributed by atoms with Crippen molar-refractivity contribution in [2.24, 2.45) is 0 Å². The molecule has 0 atom stereocenters. The SMILES string of the molecule is COc1ccc(-c2cn(Cc3ccc(Cn4cc(-c5ccc(OC)cc5)nn4)cc3)nn2)cc1. The van der Waals surface area contributed by atoms with E-state index in [1.807, 2.05) is 70.3 Å². The molecule has 0 aliphatic heterocycles. The zero-order valence-corrected chi connectivity index (χ0v) is 19.0. The van der Waals surface area contributed by atoms with Crippen LogP contribution in [0.25, 0.3) is 22.5 Å². The highest BCUT2D eigenvalue weighted by Gasteiger charge is 2.07. The Morgan fingerprint density at radius 1 is 0.559 bits per heavy atom. The van der Waals surface area contributed by atoms with Crippen LogP contribution in [0.5, 0.6) is 11.5 Å². The molecule has 0 aliphatic carbocycles. The van der Waals surface area contributed by atoms with Crippen LogP contribution in [-0.2, 0) is 13.1 Å². The first-order valence-corrected chi connectivity index (χ1v) is 10.9. The van der Waals surface area contributed by atoms with E-state index in [1.165, 1.54) is 0 Å². The predicted molar refractivity (Wildman–Crippen MR) is 129 cm³/mol. The van der Waals surface area contributed by atoms with Gasteiger partial charge in [-0.3, -0.25) is 0 Å². The molecule has 170 valence electrons. The largest absolute Gasteiger partial charge is 0.497 e. The fraction of sp³-hybridized carbons (Fsp3) is 0.154. The lowest BCUT2D eigenvalue weighted by molar-refractivity contribution is 0.415. The van der Waals surface area contributed by atoms with Crippen LogP contribution >= 0.6 is 0 Å². The van der Waals surface area contributed by atoms with Gasteiger partial charge in [-0.2, -0.15) is 0 Å². The first-order valence-electron chi connectivity index (χ1n) is 10.9. The molecule has 0 aliphatic rings. The molecule has 0 bridgehead atoms. The zero-order chi connectivity index (χ0) is 23.3. The van der Waals surface area contributed by atoms with Crippen LogP contribution in [0.2, 0.25) is 0 Å². The highest BCUT2D eigenvalue weighted by atomic mass is 16.5. The molecule has 8 heteroatoms. The standard InChI is InChI=1S/C26H24N6O2/c1-33-23-11-7-21(8-12-23)25-17-31(29-27-25)15-19-3-5-20(6-4-19)16-32-18-26(28-30-32)22-9-13-24(34-2)14-10-22/h3-14,17-18H,15-16H2,1-2H3. The van der Waals surface area contributed by atoms with E-state index in [2.05, 4.69) is 44.9 Å². The van der Waals surface area contributed by atoms with E-state index >= 15 is 0 Å². The molecule has 3 aromatic carbocycles. The smallest absolute Gasteiger partial charge is 0.118 e. The van der Waals surface area contributed by atoms with Crippen molar-refractivity contribution < 1.29 is 9.47 Å². The fourth-order valence-electron chi connectivity index (χ4n) is 3.66. The van der Waals surface area contributed by atoms with Crippen molar-refractivity contribution >= 4 is 0 Å². The summed E-state index contributed by atoms with van der Waals surface area (Å²) >= 11 is 0. The normalized spacial score (nSPS) is 10.9. The van der Waals surface area contributed by atoms with E-state index in [0.29, 0.717) is 13.1 Å². The molecule has 2 heterocycles. The molecule has 8 nitrogen and oxygen atoms in total. The van der Waals surface area contributed by atoms with Gasteiger partial charge in [-0.1, -0.05) is 34.7 Å². The second-order valence-electron chi connectivity index (χ2n) is 7.88. The average molecular weight is 453 g/mol. The van der Waals surface area contributed by atoms with E-state index in [9.17, 15) is 0 Å². The number of nitrogens with zero attached hydrogens (tertiary/aromatic N) is 6. The molecule has 0 saturated carbocycles. The lowest BCUT2D eigenvalue weighted by atomic mass is 10.1. The predicted octanol–water partition coefficient (Wildman–Crippen LogP) is 4.32. The van der Waals surface area contributed by atoms with Crippen LogP contribution < -0.4 is 9.47 Å². The summed E-state index contributed by atoms with van der Waals surface area (Å²) in [7, 11) is 3.31. The Bertz CT molecular complexity index is 1250. The maximum Gasteiger partial charge on any atom is 0.118 e. The van der Waals surface area contributed by atoms with Gasteiger partial charge in [0.05, 0.1) is 39.7 Å². The summed E-state index contributed by atoms with van der Waals surface area (Å²) in [4.78, 5) is 0. The molecular formula is C26H24N6O2. The molecule has 2 aromatic heterocycles. The summed E-state index contributed by atoms with van der Waals surface area (Å²) in [5.41, 5.74) is 5.96. The molecule has 34 heavy (non-hydrogen) atoms. The topological polar surface area (TPSA) is 79.9 Å². The zero-order valence-electron chi connectivity index (χ0n) is 19.0. The Kier molecular flexibility index (Phi) is 6.03. The summed E-state index contributed by atoms with van der Waals surface area (Å²) in [5.74, 6) is 1.64. The van der Waals surface area contributed by atoms with Crippen molar-refractivity contribution in [1.29, 1.82) is 0 Å². The van der Waals surface area contributed by atoms with E-state index in [-0.39, 0.29) is 0 Å². The van der Waals surface area contributed by atoms with Gasteiger partial charge >= 0.3 is 0 Å². The molecule has 5 rings (SSSR count). The lowest BCUT2D eigenvalue weighted by Crippen LogP contribution is -2.02. The van der Waals surface area contributed by atoms with E-state index in [4.69, 9.17) is 9.47 Å². The maximum atomic E-state index is 5.21. The summed E-state index contributed by atoms with van der Waals surface area (Å²) in [6.07, 6.45) is 3.90. The summed E-state index contributed by atoms with van der Waals surface area (Å²) in [6, 6.07) is 24.0. The minimum Gasteiger partial charge on any atom is -0.497 e. The Morgan fingerprint density at radius 2 is 0.941 bits per heavy atom. The Morgan fingerprint density at radius 3 is 1.29 bits per heavy atom. The van der Waals surface area contributed by atoms with Gasteiger partial charge in [0.2, 0.25) is 0 Å². The second-order valence-corrected chi connectivity index (χ2v) is 7.88. The average Bonchev–Trinajstić information content (AvgIpc) is 3.55. The third-order valence-corrected chi connectivity index (χ3v) is 5.56. The van der Waals surface area contributed by atoms with Crippen molar-refractivity contribution in [3.05, 3.63) is 96.3 Å². The van der Waals surface area contributed by atoms with Gasteiger partial charge in [0.25, 0.3) is 0 Å². The quantitative estimate of drug-likeness (QED) is 0.349. The van der Waals surface area contributed by atoms with Crippen LogP contribution in [0.3, 0.4) is 0 Å². The first kappa shape index (κ1) is 21.4. The van der Waals surface area contributed by atoms with Crippen LogP contribution in [0.15, 0.2) is 85.2 Å². The van der Waals surface area contributed by atoms with Gasteiger partial charge in [-0.25, -0.2) is 9.36 Å². The number of ether oxygens (including phenoxy) is 2. The number of hydrogen-bond acceptors (Lipinski definition) is 6. The van der Waals surface area contributed by atoms with Gasteiger partial charge in [-0.15, -0.1) is 10.2 Å². The van der Waals surface area contributed by atoms with Gasteiger partial charge in [0.15, 0.2) is 0 Å². The molecule has 5 aromatic rings. The Balaban J connectivity index is 1.21. The molecule has 0 spiro atoms. The summed E-state index contributed by atoms with van der Waals surface area (Å²) < 4.78 is 14.1. The number of aromatic nitrogens is 6. The molecular weight excluding hydrogens is 428 g/mol. The molecule has 0 amide bonds. The van der Waals surface area contributed by atoms with Gasteiger partial charge < -0.3 is 9.47 Å². The van der Waals surface area contributed by atoms with Gasteiger partial charge in [0.1, 0.15) is 22.9 Å². The van der Waals surface area contributed by atoms with Crippen LogP contribution in [-0.4, -0.2) is 44.2 Å². The lowest BCUT2D eigenvalue weighted by Gasteiger charge is -2.04. The number of hydrogen-bond donors (Lipinski definition) is 0. The Hall–Kier alpha value is -4.46. The van der Waals surface area contributed by atoms with Gasteiger partial charge in [-0.05, 0) is 59.7 Å². The monoisotopic (exact) mass is 452 g/mol. The number of benzene rings is 3. The Labute approximate surface area is 197 Å². The molecule has 0 fully saturated rings. The fourth-order valence-corrected chi connectivity index (χ4v) is 3.66. The highest BCUT2D eigenvalue weighted by molar-refractivity contribution is 5.59.